The predicted octanol–water partition coefficient (Wildman–Crippen LogP) is 3.09. The molecular formula is C22H21N3O4. The minimum absolute atomic E-state index is 0.156. The Morgan fingerprint density at radius 3 is 2.10 bits per heavy atom. The predicted molar refractivity (Wildman–Crippen MR) is 110 cm³/mol. The van der Waals surface area contributed by atoms with Gasteiger partial charge >= 0.3 is 5.97 Å². The number of aliphatic carboxylic acids is 1. The maximum Gasteiger partial charge on any atom is 0.329 e. The molecule has 29 heavy (non-hydrogen) atoms. The highest BCUT2D eigenvalue weighted by atomic mass is 16.4. The van der Waals surface area contributed by atoms with Crippen LogP contribution in [0.1, 0.15) is 30.6 Å². The number of carboxylic acids is 1. The zero-order chi connectivity index (χ0) is 21.0. The number of carbonyl (C=O) groups excluding carboxylic acids is 1. The second kappa shape index (κ2) is 8.10. The van der Waals surface area contributed by atoms with E-state index < -0.39 is 23.0 Å². The highest BCUT2D eigenvalue weighted by Gasteiger charge is 2.35. The zero-order valence-corrected chi connectivity index (χ0v) is 16.1. The number of nitrogens with one attached hydrogen (secondary N) is 2. The number of carboxylic acid groups (broad SMARTS) is 1. The third-order valence-electron chi connectivity index (χ3n) is 4.89. The minimum Gasteiger partial charge on any atom is -0.480 e. The fraction of sp³-hybridized carbons (Fsp3) is 0.182. The molecule has 3 N–H and O–H groups in total. The molecule has 1 atom stereocenters. The Kier molecular flexibility index (Phi) is 5.59. The number of benzene rings is 2. The Bertz CT molecular complexity index is 1090. The maximum atomic E-state index is 13.1. The number of amides is 1. The smallest absolute Gasteiger partial charge is 0.329 e. The lowest BCUT2D eigenvalue weighted by Gasteiger charge is -2.25. The van der Waals surface area contributed by atoms with E-state index in [2.05, 4.69) is 15.5 Å². The van der Waals surface area contributed by atoms with E-state index in [1.165, 1.54) is 6.92 Å². The van der Waals surface area contributed by atoms with Crippen LogP contribution in [-0.2, 0) is 4.79 Å². The zero-order valence-electron chi connectivity index (χ0n) is 16.1. The number of H-pyrrole nitrogens is 1. The van der Waals surface area contributed by atoms with Gasteiger partial charge in [0.15, 0.2) is 0 Å². The number of aromatic nitrogens is 2. The molecule has 3 aromatic rings. The van der Waals surface area contributed by atoms with Crippen molar-refractivity contribution < 1.29 is 14.7 Å². The summed E-state index contributed by atoms with van der Waals surface area (Å²) in [5, 5.41) is 18.6. The Balaban J connectivity index is 2.25. The summed E-state index contributed by atoms with van der Waals surface area (Å²) < 4.78 is 0. The monoisotopic (exact) mass is 391 g/mol. The van der Waals surface area contributed by atoms with Crippen LogP contribution < -0.4 is 10.9 Å². The number of hydrogen-bond acceptors (Lipinski definition) is 4. The minimum atomic E-state index is -1.51. The van der Waals surface area contributed by atoms with Crippen molar-refractivity contribution in [3.05, 3.63) is 76.6 Å². The largest absolute Gasteiger partial charge is 0.480 e. The number of carbonyl (C=O) groups is 2. The fourth-order valence-corrected chi connectivity index (χ4v) is 2.96. The summed E-state index contributed by atoms with van der Waals surface area (Å²) in [5.41, 5.74) is -0.252. The molecular weight excluding hydrogens is 370 g/mol. The molecule has 0 radical (unpaired) electrons. The molecule has 1 heterocycles. The van der Waals surface area contributed by atoms with E-state index in [0.29, 0.717) is 22.4 Å². The van der Waals surface area contributed by atoms with E-state index in [1.807, 2.05) is 36.4 Å². The number of rotatable bonds is 6. The Hall–Kier alpha value is -3.74. The van der Waals surface area contributed by atoms with Crippen LogP contribution in [0.4, 0.5) is 0 Å². The van der Waals surface area contributed by atoms with E-state index in [0.717, 1.165) is 0 Å². The Morgan fingerprint density at radius 2 is 1.59 bits per heavy atom. The summed E-state index contributed by atoms with van der Waals surface area (Å²) in [6.45, 7) is 3.06. The second-order valence-electron chi connectivity index (χ2n) is 6.83. The van der Waals surface area contributed by atoms with Crippen molar-refractivity contribution in [3.63, 3.8) is 0 Å². The van der Waals surface area contributed by atoms with Crippen molar-refractivity contribution in [3.8, 4) is 22.4 Å². The molecule has 1 unspecified atom stereocenters. The van der Waals surface area contributed by atoms with Crippen molar-refractivity contribution >= 4 is 11.9 Å². The molecule has 7 nitrogen and oxygen atoms in total. The molecule has 3 rings (SSSR count). The van der Waals surface area contributed by atoms with Gasteiger partial charge in [0, 0.05) is 11.1 Å². The Morgan fingerprint density at radius 1 is 1.03 bits per heavy atom. The van der Waals surface area contributed by atoms with Gasteiger partial charge in [-0.25, -0.2) is 9.89 Å². The van der Waals surface area contributed by atoms with Crippen LogP contribution in [0, 0.1) is 0 Å². The molecule has 0 bridgehead atoms. The van der Waals surface area contributed by atoms with E-state index in [1.54, 1.807) is 31.2 Å². The summed E-state index contributed by atoms with van der Waals surface area (Å²) in [4.78, 5) is 37.4. The van der Waals surface area contributed by atoms with Crippen LogP contribution in [0.25, 0.3) is 22.4 Å². The van der Waals surface area contributed by atoms with Gasteiger partial charge in [0.1, 0.15) is 11.1 Å². The van der Waals surface area contributed by atoms with Crippen LogP contribution in [-0.4, -0.2) is 32.7 Å². The van der Waals surface area contributed by atoms with Crippen molar-refractivity contribution in [2.24, 2.45) is 0 Å². The lowest BCUT2D eigenvalue weighted by atomic mass is 9.93. The molecule has 0 aliphatic carbocycles. The second-order valence-corrected chi connectivity index (χ2v) is 6.83. The van der Waals surface area contributed by atoms with Gasteiger partial charge in [-0.05, 0) is 18.9 Å². The first-order chi connectivity index (χ1) is 13.9. The first kappa shape index (κ1) is 20.0. The first-order valence-electron chi connectivity index (χ1n) is 9.17. The lowest BCUT2D eigenvalue weighted by molar-refractivity contribution is -0.143. The quantitative estimate of drug-likeness (QED) is 0.598. The van der Waals surface area contributed by atoms with Gasteiger partial charge in [-0.1, -0.05) is 67.6 Å². The summed E-state index contributed by atoms with van der Waals surface area (Å²) in [6.07, 6.45) is 0.156. The van der Waals surface area contributed by atoms with Crippen LogP contribution in [0.2, 0.25) is 0 Å². The molecule has 0 aliphatic rings. The van der Waals surface area contributed by atoms with Crippen LogP contribution in [0.3, 0.4) is 0 Å². The molecule has 0 spiro atoms. The average molecular weight is 391 g/mol. The molecule has 0 fully saturated rings. The maximum absolute atomic E-state index is 13.1. The van der Waals surface area contributed by atoms with Crippen LogP contribution in [0.15, 0.2) is 65.5 Å². The standard InChI is InChI=1S/C22H21N3O4/c1-3-22(2,21(28)29)23-19(26)17-16(14-10-6-4-7-11-14)18(24-25-20(17)27)15-12-8-5-9-13-15/h4-13H,3H2,1-2H3,(H,23,26)(H,25,27)(H,28,29). The van der Waals surface area contributed by atoms with Gasteiger partial charge in [0.2, 0.25) is 0 Å². The van der Waals surface area contributed by atoms with Gasteiger partial charge in [0.05, 0.1) is 5.69 Å². The van der Waals surface area contributed by atoms with E-state index in [4.69, 9.17) is 0 Å². The van der Waals surface area contributed by atoms with Crippen molar-refractivity contribution in [1.29, 1.82) is 0 Å². The molecule has 7 heteroatoms. The summed E-state index contributed by atoms with van der Waals surface area (Å²) in [6, 6.07) is 18.1. The summed E-state index contributed by atoms with van der Waals surface area (Å²) >= 11 is 0. The molecule has 1 aromatic heterocycles. The number of hydrogen-bond donors (Lipinski definition) is 3. The molecule has 0 aliphatic heterocycles. The van der Waals surface area contributed by atoms with Crippen molar-refractivity contribution in [2.45, 2.75) is 25.8 Å². The topological polar surface area (TPSA) is 112 Å². The SMILES string of the molecule is CCC(C)(NC(=O)c1c(-c2ccccc2)c(-c2ccccc2)n[nH]c1=O)C(=O)O. The van der Waals surface area contributed by atoms with E-state index >= 15 is 0 Å². The van der Waals surface area contributed by atoms with Gasteiger partial charge in [-0.15, -0.1) is 0 Å². The van der Waals surface area contributed by atoms with Crippen LogP contribution >= 0.6 is 0 Å². The molecule has 2 aromatic carbocycles. The van der Waals surface area contributed by atoms with Gasteiger partial charge in [0.25, 0.3) is 11.5 Å². The van der Waals surface area contributed by atoms with Crippen molar-refractivity contribution in [2.75, 3.05) is 0 Å². The highest BCUT2D eigenvalue weighted by Crippen LogP contribution is 2.31. The normalized spacial score (nSPS) is 12.8. The fourth-order valence-electron chi connectivity index (χ4n) is 2.96. The molecule has 0 saturated carbocycles. The van der Waals surface area contributed by atoms with Crippen LogP contribution in [0.5, 0.6) is 0 Å². The van der Waals surface area contributed by atoms with Gasteiger partial charge in [-0.2, -0.15) is 5.10 Å². The third kappa shape index (κ3) is 3.94. The summed E-state index contributed by atoms with van der Waals surface area (Å²) in [7, 11) is 0. The molecule has 148 valence electrons. The number of nitrogens with zero attached hydrogens (tertiary/aromatic N) is 1. The van der Waals surface area contributed by atoms with E-state index in [-0.39, 0.29) is 12.0 Å². The molecule has 0 saturated heterocycles. The Labute approximate surface area is 167 Å². The molecule has 1 amide bonds. The first-order valence-corrected chi connectivity index (χ1v) is 9.17. The third-order valence-corrected chi connectivity index (χ3v) is 4.89. The average Bonchev–Trinajstić information content (AvgIpc) is 2.74. The summed E-state index contributed by atoms with van der Waals surface area (Å²) in [5.74, 6) is -1.94. The van der Waals surface area contributed by atoms with Gasteiger partial charge < -0.3 is 10.4 Å². The highest BCUT2D eigenvalue weighted by molar-refractivity contribution is 6.05. The van der Waals surface area contributed by atoms with Gasteiger partial charge in [-0.3, -0.25) is 9.59 Å². The lowest BCUT2D eigenvalue weighted by Crippen LogP contribution is -2.52. The van der Waals surface area contributed by atoms with Crippen molar-refractivity contribution in [1.82, 2.24) is 15.5 Å². The number of aromatic amines is 1. The van der Waals surface area contributed by atoms with E-state index in [9.17, 15) is 19.5 Å².